The number of pyridine rings is 2. The Balaban J connectivity index is 1.22. The van der Waals surface area contributed by atoms with Gasteiger partial charge in [-0.1, -0.05) is 6.07 Å². The number of hydrogen-bond acceptors (Lipinski definition) is 8. The van der Waals surface area contributed by atoms with Crippen LogP contribution < -0.4 is 15.8 Å². The second kappa shape index (κ2) is 9.76. The first-order chi connectivity index (χ1) is 17.1. The molecular weight excluding hydrogens is 440 g/mol. The maximum atomic E-state index is 6.07. The number of nitrogens with zero attached hydrogens (tertiary/aromatic N) is 6. The van der Waals surface area contributed by atoms with E-state index < -0.39 is 0 Å². The van der Waals surface area contributed by atoms with Crippen LogP contribution in [-0.4, -0.2) is 29.7 Å². The normalized spacial score (nSPS) is 11.0. The third-order valence-corrected chi connectivity index (χ3v) is 5.96. The number of nitrogens with two attached hydrogens (primary N) is 1. The smallest absolute Gasteiger partial charge is 0.218 e. The summed E-state index contributed by atoms with van der Waals surface area (Å²) < 4.78 is 7.71. The lowest BCUT2D eigenvalue weighted by Gasteiger charge is -2.15. The number of aromatic nitrogens is 6. The second-order valence-corrected chi connectivity index (χ2v) is 8.33. The molecule has 9 heteroatoms. The largest absolute Gasteiger partial charge is 0.473 e. The van der Waals surface area contributed by atoms with Crippen LogP contribution in [0.15, 0.2) is 67.5 Å². The lowest BCUT2D eigenvalue weighted by molar-refractivity contribution is 0.293. The molecule has 0 bridgehead atoms. The van der Waals surface area contributed by atoms with E-state index in [9.17, 15) is 0 Å². The maximum Gasteiger partial charge on any atom is 0.218 e. The minimum Gasteiger partial charge on any atom is -0.473 e. The van der Waals surface area contributed by atoms with Gasteiger partial charge in [0, 0.05) is 48.3 Å². The summed E-state index contributed by atoms with van der Waals surface area (Å²) in [5, 5.41) is 9.68. The number of fused-ring (bicyclic) bond motifs is 1. The van der Waals surface area contributed by atoms with Gasteiger partial charge in [-0.15, -0.1) is 0 Å². The Kier molecular flexibility index (Phi) is 6.21. The van der Waals surface area contributed by atoms with Gasteiger partial charge in [0.15, 0.2) is 0 Å². The van der Waals surface area contributed by atoms with Gasteiger partial charge in [0.1, 0.15) is 24.6 Å². The van der Waals surface area contributed by atoms with Gasteiger partial charge in [0.05, 0.1) is 12.2 Å². The first-order valence-corrected chi connectivity index (χ1v) is 11.3. The first-order valence-electron chi connectivity index (χ1n) is 11.3. The molecule has 0 saturated carbocycles. The monoisotopic (exact) mass is 466 g/mol. The number of nitrogen functional groups attached to an aromatic ring is 1. The summed E-state index contributed by atoms with van der Waals surface area (Å²) in [6.07, 6.45) is 8.72. The average Bonchev–Trinajstić information content (AvgIpc) is 3.38. The minimum atomic E-state index is 0.365. The van der Waals surface area contributed by atoms with Crippen LogP contribution >= 0.6 is 0 Å². The van der Waals surface area contributed by atoms with Crippen LogP contribution in [-0.2, 0) is 19.7 Å². The van der Waals surface area contributed by atoms with Crippen molar-refractivity contribution in [3.8, 4) is 5.88 Å². The molecule has 0 aliphatic carbocycles. The van der Waals surface area contributed by atoms with Crippen molar-refractivity contribution in [1.82, 2.24) is 29.7 Å². The number of anilines is 2. The van der Waals surface area contributed by atoms with Crippen LogP contribution in [0.4, 0.5) is 11.6 Å². The van der Waals surface area contributed by atoms with Crippen molar-refractivity contribution < 1.29 is 4.74 Å². The van der Waals surface area contributed by atoms with E-state index in [4.69, 9.17) is 10.5 Å². The molecule has 0 aliphatic heterocycles. The fourth-order valence-electron chi connectivity index (χ4n) is 4.05. The number of benzene rings is 1. The van der Waals surface area contributed by atoms with Crippen LogP contribution in [0.25, 0.3) is 10.8 Å². The summed E-state index contributed by atoms with van der Waals surface area (Å²) >= 11 is 0. The van der Waals surface area contributed by atoms with E-state index in [0.717, 1.165) is 27.6 Å². The molecule has 0 aliphatic rings. The van der Waals surface area contributed by atoms with E-state index >= 15 is 0 Å². The molecule has 0 unspecified atom stereocenters. The molecule has 0 spiro atoms. The fraction of sp³-hybridized carbons (Fsp3) is 0.192. The van der Waals surface area contributed by atoms with Crippen molar-refractivity contribution in [1.29, 1.82) is 0 Å². The number of hydrogen-bond donors (Lipinski definition) is 2. The maximum absolute atomic E-state index is 6.07. The molecule has 4 aromatic heterocycles. The van der Waals surface area contributed by atoms with Crippen LogP contribution in [0.5, 0.6) is 5.88 Å². The van der Waals surface area contributed by atoms with Gasteiger partial charge in [-0.2, -0.15) is 5.10 Å². The highest BCUT2D eigenvalue weighted by molar-refractivity contribution is 5.94. The van der Waals surface area contributed by atoms with E-state index in [1.807, 2.05) is 41.3 Å². The highest BCUT2D eigenvalue weighted by Gasteiger charge is 2.11. The van der Waals surface area contributed by atoms with Crippen molar-refractivity contribution >= 4 is 22.4 Å². The van der Waals surface area contributed by atoms with Gasteiger partial charge in [-0.05, 0) is 60.2 Å². The third-order valence-electron chi connectivity index (χ3n) is 5.96. The Bertz CT molecular complexity index is 1450. The molecule has 0 atom stereocenters. The molecule has 0 saturated heterocycles. The zero-order valence-electron chi connectivity index (χ0n) is 19.6. The Labute approximate surface area is 203 Å². The molecule has 0 radical (unpaired) electrons. The van der Waals surface area contributed by atoms with Crippen molar-refractivity contribution in [3.05, 3.63) is 95.5 Å². The van der Waals surface area contributed by atoms with Crippen LogP contribution in [0.3, 0.4) is 0 Å². The van der Waals surface area contributed by atoms with Crippen LogP contribution in [0.2, 0.25) is 0 Å². The lowest BCUT2D eigenvalue weighted by atomic mass is 9.96. The number of nitrogens with one attached hydrogen (secondary N) is 1. The fourth-order valence-corrected chi connectivity index (χ4v) is 4.05. The molecule has 9 nitrogen and oxygen atoms in total. The number of rotatable bonds is 8. The third kappa shape index (κ3) is 5.03. The Morgan fingerprint density at radius 2 is 1.91 bits per heavy atom. The van der Waals surface area contributed by atoms with Gasteiger partial charge in [-0.25, -0.2) is 15.0 Å². The van der Waals surface area contributed by atoms with E-state index in [-0.39, 0.29) is 0 Å². The van der Waals surface area contributed by atoms with Gasteiger partial charge in [-0.3, -0.25) is 9.67 Å². The van der Waals surface area contributed by atoms with Gasteiger partial charge >= 0.3 is 0 Å². The summed E-state index contributed by atoms with van der Waals surface area (Å²) in [6.45, 7) is 5.81. The zero-order valence-corrected chi connectivity index (χ0v) is 19.6. The second-order valence-electron chi connectivity index (χ2n) is 8.33. The number of ether oxygens (including phenoxy) is 1. The Hall–Kier alpha value is -4.53. The van der Waals surface area contributed by atoms with Crippen LogP contribution in [0.1, 0.15) is 27.9 Å². The molecular formula is C26H26N8O. The van der Waals surface area contributed by atoms with Crippen molar-refractivity contribution in [3.63, 3.8) is 0 Å². The SMILES string of the molecule is Cc1cc2c(N)nccc2c(C)c1CNc1cc(OCc2ccc(Cn3cccn3)nc2)ncn1. The molecule has 1 aromatic carbocycles. The van der Waals surface area contributed by atoms with E-state index in [1.165, 1.54) is 17.5 Å². The van der Waals surface area contributed by atoms with E-state index in [1.54, 1.807) is 18.5 Å². The topological polar surface area (TPSA) is 117 Å². The molecule has 176 valence electrons. The predicted octanol–water partition coefficient (Wildman–Crippen LogP) is 4.05. The molecule has 5 aromatic rings. The summed E-state index contributed by atoms with van der Waals surface area (Å²) in [4.78, 5) is 17.3. The van der Waals surface area contributed by atoms with Crippen molar-refractivity contribution in [2.24, 2.45) is 0 Å². The molecule has 0 fully saturated rings. The summed E-state index contributed by atoms with van der Waals surface area (Å²) in [7, 11) is 0. The molecule has 5 rings (SSSR count). The summed E-state index contributed by atoms with van der Waals surface area (Å²) in [5.74, 6) is 1.73. The molecule has 3 N–H and O–H groups in total. The standard InChI is InChI=1S/C26H26N8O/c1-17-10-22-21(6-8-28-26(22)27)18(2)23(17)13-30-24-11-25(32-16-31-24)35-15-19-4-5-20(29-12-19)14-34-9-3-7-33-34/h3-12,16H,13-15H2,1-2H3,(H2,27,28)(H,30,31,32). The van der Waals surface area contributed by atoms with Gasteiger partial charge in [0.2, 0.25) is 5.88 Å². The molecule has 4 heterocycles. The summed E-state index contributed by atoms with van der Waals surface area (Å²) in [5.41, 5.74) is 11.5. The lowest BCUT2D eigenvalue weighted by Crippen LogP contribution is -2.07. The van der Waals surface area contributed by atoms with E-state index in [2.05, 4.69) is 50.3 Å². The average molecular weight is 467 g/mol. The predicted molar refractivity (Wildman–Crippen MR) is 135 cm³/mol. The Morgan fingerprint density at radius 3 is 2.71 bits per heavy atom. The van der Waals surface area contributed by atoms with Crippen molar-refractivity contribution in [2.75, 3.05) is 11.1 Å². The van der Waals surface area contributed by atoms with Crippen LogP contribution in [0, 0.1) is 13.8 Å². The van der Waals surface area contributed by atoms with Gasteiger partial charge in [0.25, 0.3) is 0 Å². The first kappa shape index (κ1) is 22.3. The van der Waals surface area contributed by atoms with Gasteiger partial charge < -0.3 is 15.8 Å². The zero-order chi connectivity index (χ0) is 24.2. The minimum absolute atomic E-state index is 0.365. The number of aryl methyl sites for hydroxylation is 2. The highest BCUT2D eigenvalue weighted by atomic mass is 16.5. The van der Waals surface area contributed by atoms with E-state index in [0.29, 0.717) is 37.2 Å². The quantitative estimate of drug-likeness (QED) is 0.352. The molecule has 35 heavy (non-hydrogen) atoms. The summed E-state index contributed by atoms with van der Waals surface area (Å²) in [6, 6.07) is 11.8. The molecule has 0 amide bonds. The highest BCUT2D eigenvalue weighted by Crippen LogP contribution is 2.28. The Morgan fingerprint density at radius 1 is 1.00 bits per heavy atom. The van der Waals surface area contributed by atoms with Crippen molar-refractivity contribution in [2.45, 2.75) is 33.5 Å².